The number of nitrogens with zero attached hydrogens (tertiary/aromatic N) is 1. The van der Waals surface area contributed by atoms with Crippen LogP contribution in [0.15, 0.2) is 47.5 Å². The summed E-state index contributed by atoms with van der Waals surface area (Å²) in [7, 11) is 0. The van der Waals surface area contributed by atoms with Gasteiger partial charge in [0.2, 0.25) is 0 Å². The number of fused-ring (bicyclic) bond motifs is 1. The highest BCUT2D eigenvalue weighted by Gasteiger charge is 2.40. The van der Waals surface area contributed by atoms with Gasteiger partial charge in [-0.1, -0.05) is 53.5 Å². The minimum atomic E-state index is 0.0880. The predicted molar refractivity (Wildman–Crippen MR) is 106 cm³/mol. The monoisotopic (exact) mass is 373 g/mol. The molecule has 0 aromatic heterocycles. The van der Waals surface area contributed by atoms with Crippen molar-refractivity contribution in [2.75, 3.05) is 18.4 Å². The van der Waals surface area contributed by atoms with Gasteiger partial charge in [-0.05, 0) is 55.6 Å². The second-order valence-corrected chi connectivity index (χ2v) is 7.65. The summed E-state index contributed by atoms with van der Waals surface area (Å²) in [5, 5.41) is 8.26. The van der Waals surface area contributed by atoms with E-state index >= 15 is 0 Å². The highest BCUT2D eigenvalue weighted by Crippen LogP contribution is 2.41. The summed E-state index contributed by atoms with van der Waals surface area (Å²) >= 11 is 12.5. The van der Waals surface area contributed by atoms with Crippen LogP contribution in [0.4, 0.5) is 5.69 Å². The van der Waals surface area contributed by atoms with E-state index in [1.54, 1.807) is 0 Å². The number of piperidine rings is 1. The number of nitrogens with one attached hydrogen (secondary N) is 2. The molecule has 0 aliphatic carbocycles. The number of amidine groups is 1. The van der Waals surface area contributed by atoms with E-state index in [9.17, 15) is 0 Å². The first kappa shape index (κ1) is 16.9. The molecule has 0 unspecified atom stereocenters. The van der Waals surface area contributed by atoms with Crippen molar-refractivity contribution in [1.29, 1.82) is 0 Å². The van der Waals surface area contributed by atoms with Crippen LogP contribution in [-0.2, 0) is 13.0 Å². The van der Waals surface area contributed by atoms with Crippen molar-refractivity contribution in [3.63, 3.8) is 0 Å². The van der Waals surface area contributed by atoms with Gasteiger partial charge >= 0.3 is 0 Å². The lowest BCUT2D eigenvalue weighted by molar-refractivity contribution is 0.293. The minimum absolute atomic E-state index is 0.0880. The first-order valence-corrected chi connectivity index (χ1v) is 9.47. The lowest BCUT2D eigenvalue weighted by atomic mass is 9.71. The number of para-hydroxylation sites is 1. The molecule has 0 amide bonds. The zero-order valence-electron chi connectivity index (χ0n) is 14.0. The van der Waals surface area contributed by atoms with Gasteiger partial charge in [-0.15, -0.1) is 0 Å². The maximum Gasteiger partial charge on any atom is 0.108 e. The molecule has 0 bridgehead atoms. The third-order valence-corrected chi connectivity index (χ3v) is 6.16. The molecular weight excluding hydrogens is 353 g/mol. The highest BCUT2D eigenvalue weighted by atomic mass is 35.5. The Kier molecular flexibility index (Phi) is 4.72. The Morgan fingerprint density at radius 2 is 1.80 bits per heavy atom. The first-order chi connectivity index (χ1) is 12.2. The summed E-state index contributed by atoms with van der Waals surface area (Å²) in [6.45, 7) is 2.60. The van der Waals surface area contributed by atoms with Gasteiger partial charge in [-0.3, -0.25) is 4.99 Å². The van der Waals surface area contributed by atoms with E-state index in [4.69, 9.17) is 28.2 Å². The number of hydrogen-bond acceptors (Lipinski definition) is 2. The molecule has 2 heterocycles. The normalized spacial score (nSPS) is 20.3. The Hall–Kier alpha value is -1.55. The largest absolute Gasteiger partial charge is 0.343 e. The lowest BCUT2D eigenvalue weighted by Gasteiger charge is -2.42. The van der Waals surface area contributed by atoms with Crippen LogP contribution in [0, 0.1) is 5.41 Å². The molecule has 1 saturated heterocycles. The number of anilines is 1. The van der Waals surface area contributed by atoms with Crippen molar-refractivity contribution < 1.29 is 0 Å². The van der Waals surface area contributed by atoms with E-state index in [2.05, 4.69) is 34.9 Å². The average Bonchev–Trinajstić information content (AvgIpc) is 2.64. The fourth-order valence-electron chi connectivity index (χ4n) is 3.87. The average molecular weight is 374 g/mol. The molecule has 2 aliphatic rings. The molecule has 25 heavy (non-hydrogen) atoms. The van der Waals surface area contributed by atoms with Gasteiger partial charge in [0, 0.05) is 11.1 Å². The van der Waals surface area contributed by atoms with Crippen LogP contribution in [0.3, 0.4) is 0 Å². The molecule has 2 aromatic rings. The van der Waals surface area contributed by atoms with Crippen LogP contribution in [-0.4, -0.2) is 18.9 Å². The molecule has 0 saturated carbocycles. The third-order valence-electron chi connectivity index (χ3n) is 5.30. The van der Waals surface area contributed by atoms with E-state index < -0.39 is 0 Å². The molecule has 1 spiro atoms. The zero-order valence-corrected chi connectivity index (χ0v) is 15.5. The fourth-order valence-corrected chi connectivity index (χ4v) is 4.25. The van der Waals surface area contributed by atoms with Crippen molar-refractivity contribution >= 4 is 34.7 Å². The Morgan fingerprint density at radius 1 is 1.00 bits per heavy atom. The second-order valence-electron chi connectivity index (χ2n) is 6.87. The Morgan fingerprint density at radius 3 is 2.64 bits per heavy atom. The van der Waals surface area contributed by atoms with Crippen molar-refractivity contribution in [3.8, 4) is 0 Å². The molecule has 0 radical (unpaired) electrons. The van der Waals surface area contributed by atoms with Crippen molar-refractivity contribution in [3.05, 3.63) is 63.6 Å². The van der Waals surface area contributed by atoms with Crippen LogP contribution >= 0.6 is 23.2 Å². The molecule has 2 aromatic carbocycles. The van der Waals surface area contributed by atoms with Crippen molar-refractivity contribution in [2.45, 2.75) is 25.8 Å². The number of rotatable bonds is 2. The SMILES string of the molecule is Clc1cccc(CN=C2Nc3ccccc3CC23CCNCC3)c1Cl. The van der Waals surface area contributed by atoms with Gasteiger partial charge in [0.25, 0.3) is 0 Å². The van der Waals surface area contributed by atoms with Gasteiger partial charge in [-0.2, -0.15) is 0 Å². The highest BCUT2D eigenvalue weighted by molar-refractivity contribution is 6.42. The van der Waals surface area contributed by atoms with Crippen molar-refractivity contribution in [2.24, 2.45) is 10.4 Å². The molecule has 0 atom stereocenters. The third kappa shape index (κ3) is 3.29. The molecule has 2 N–H and O–H groups in total. The van der Waals surface area contributed by atoms with E-state index in [-0.39, 0.29) is 5.41 Å². The second kappa shape index (κ2) is 6.99. The Labute approximate surface area is 158 Å². The van der Waals surface area contributed by atoms with E-state index in [0.717, 1.165) is 43.8 Å². The Bertz CT molecular complexity index is 810. The van der Waals surface area contributed by atoms with E-state index in [0.29, 0.717) is 16.6 Å². The van der Waals surface area contributed by atoms with Gasteiger partial charge in [-0.25, -0.2) is 0 Å². The van der Waals surface area contributed by atoms with Gasteiger partial charge in [0.05, 0.1) is 16.6 Å². The molecule has 2 aliphatic heterocycles. The Balaban J connectivity index is 1.68. The smallest absolute Gasteiger partial charge is 0.108 e. The number of aliphatic imine (C=N–C) groups is 1. The topological polar surface area (TPSA) is 36.4 Å². The lowest BCUT2D eigenvalue weighted by Crippen LogP contribution is -2.48. The quantitative estimate of drug-likeness (QED) is 0.782. The maximum atomic E-state index is 6.34. The molecule has 5 heteroatoms. The molecular formula is C20H21Cl2N3. The summed E-state index contributed by atoms with van der Waals surface area (Å²) in [4.78, 5) is 4.97. The summed E-state index contributed by atoms with van der Waals surface area (Å²) in [5.41, 5.74) is 3.60. The summed E-state index contributed by atoms with van der Waals surface area (Å²) in [6.07, 6.45) is 3.23. The predicted octanol–water partition coefficient (Wildman–Crippen LogP) is 4.93. The molecule has 130 valence electrons. The van der Waals surface area contributed by atoms with Crippen LogP contribution in [0.5, 0.6) is 0 Å². The van der Waals surface area contributed by atoms with Gasteiger partial charge in [0.15, 0.2) is 0 Å². The molecule has 1 fully saturated rings. The van der Waals surface area contributed by atoms with Gasteiger partial charge in [0.1, 0.15) is 5.84 Å². The number of benzene rings is 2. The van der Waals surface area contributed by atoms with Gasteiger partial charge < -0.3 is 10.6 Å². The number of hydrogen-bond donors (Lipinski definition) is 2. The zero-order chi connectivity index (χ0) is 17.3. The van der Waals surface area contributed by atoms with Crippen molar-refractivity contribution in [1.82, 2.24) is 5.32 Å². The minimum Gasteiger partial charge on any atom is -0.343 e. The fraction of sp³-hybridized carbons (Fsp3) is 0.350. The summed E-state index contributed by atoms with van der Waals surface area (Å²) in [6, 6.07) is 14.3. The number of halogens is 2. The van der Waals surface area contributed by atoms with Crippen LogP contribution in [0.2, 0.25) is 10.0 Å². The van der Waals surface area contributed by atoms with Crippen LogP contribution < -0.4 is 10.6 Å². The van der Waals surface area contributed by atoms with Crippen LogP contribution in [0.1, 0.15) is 24.0 Å². The molecule has 3 nitrogen and oxygen atoms in total. The maximum absolute atomic E-state index is 6.34. The van der Waals surface area contributed by atoms with E-state index in [1.165, 1.54) is 11.3 Å². The van der Waals surface area contributed by atoms with E-state index in [1.807, 2.05) is 18.2 Å². The molecule has 4 rings (SSSR count). The van der Waals surface area contributed by atoms with Crippen LogP contribution in [0.25, 0.3) is 0 Å². The standard InChI is InChI=1S/C20H21Cl2N3/c21-16-6-3-5-15(18(16)22)13-24-19-20(8-10-23-11-9-20)12-14-4-1-2-7-17(14)25-19/h1-7,23H,8-13H2,(H,24,25). The first-order valence-electron chi connectivity index (χ1n) is 8.71. The summed E-state index contributed by atoms with van der Waals surface area (Å²) in [5.74, 6) is 1.09. The summed E-state index contributed by atoms with van der Waals surface area (Å²) < 4.78 is 0.